The molecule has 0 amide bonds. The van der Waals surface area contributed by atoms with Crippen molar-refractivity contribution >= 4 is 0 Å². The van der Waals surface area contributed by atoms with Crippen LogP contribution in [0.4, 0.5) is 0 Å². The lowest BCUT2D eigenvalue weighted by atomic mass is 10.0. The molecule has 2 saturated heterocycles. The normalized spacial score (nSPS) is 33.6. The fraction of sp³-hybridized carbons (Fsp3) is 1.00. The molecule has 0 spiro atoms. The van der Waals surface area contributed by atoms with Gasteiger partial charge in [-0.05, 0) is 25.7 Å². The first-order chi connectivity index (χ1) is 6.88. The van der Waals surface area contributed by atoms with Gasteiger partial charge in [-0.3, -0.25) is 0 Å². The van der Waals surface area contributed by atoms with Crippen molar-refractivity contribution in [3.8, 4) is 0 Å². The van der Waals surface area contributed by atoms with Gasteiger partial charge in [-0.2, -0.15) is 0 Å². The van der Waals surface area contributed by atoms with Crippen molar-refractivity contribution in [3.05, 3.63) is 0 Å². The van der Waals surface area contributed by atoms with E-state index < -0.39 is 0 Å². The maximum atomic E-state index is 5.33. The maximum absolute atomic E-state index is 5.33. The van der Waals surface area contributed by atoms with Gasteiger partial charge in [0.1, 0.15) is 0 Å². The van der Waals surface area contributed by atoms with E-state index in [1.54, 1.807) is 0 Å². The van der Waals surface area contributed by atoms with Crippen LogP contribution in [0.5, 0.6) is 0 Å². The van der Waals surface area contributed by atoms with E-state index in [1.165, 1.54) is 25.7 Å². The number of rotatable bonds is 1. The number of hydrogen-bond donors (Lipinski definition) is 1. The monoisotopic (exact) mass is 201 g/mol. The molecule has 3 atom stereocenters. The van der Waals surface area contributed by atoms with E-state index in [-0.39, 0.29) is 0 Å². The first kappa shape index (κ1) is 13.9. The molecular formula is C12H27NO. The molecule has 2 heteroatoms. The minimum atomic E-state index is 0.541. The largest absolute Gasteiger partial charge is 0.381 e. The molecule has 2 fully saturated rings. The topological polar surface area (TPSA) is 21.3 Å². The fourth-order valence-corrected chi connectivity index (χ4v) is 2.20. The van der Waals surface area contributed by atoms with Crippen LogP contribution in [0.3, 0.4) is 0 Å². The Morgan fingerprint density at radius 2 is 1.36 bits per heavy atom. The number of ether oxygens (including phenoxy) is 1. The van der Waals surface area contributed by atoms with Gasteiger partial charge in [-0.1, -0.05) is 27.7 Å². The zero-order valence-electron chi connectivity index (χ0n) is 10.5. The van der Waals surface area contributed by atoms with Crippen LogP contribution >= 0.6 is 0 Å². The molecule has 0 aromatic carbocycles. The number of piperidine rings is 1. The second kappa shape index (κ2) is 8.25. The molecular weight excluding hydrogens is 174 g/mol. The summed E-state index contributed by atoms with van der Waals surface area (Å²) in [6.45, 7) is 8.00. The molecule has 14 heavy (non-hydrogen) atoms. The molecule has 0 radical (unpaired) electrons. The summed E-state index contributed by atoms with van der Waals surface area (Å²) in [5.74, 6) is 0. The van der Waals surface area contributed by atoms with Crippen molar-refractivity contribution in [3.63, 3.8) is 0 Å². The number of nitrogens with one attached hydrogen (secondary N) is 1. The molecule has 2 aliphatic heterocycles. The maximum Gasteiger partial charge on any atom is 0.0601 e. The van der Waals surface area contributed by atoms with Crippen molar-refractivity contribution in [2.24, 2.45) is 0 Å². The van der Waals surface area contributed by atoms with Crippen LogP contribution in [-0.2, 0) is 4.74 Å². The second-order valence-corrected chi connectivity index (χ2v) is 3.47. The minimum Gasteiger partial charge on any atom is -0.381 e. The lowest BCUT2D eigenvalue weighted by Gasteiger charge is -2.27. The van der Waals surface area contributed by atoms with Gasteiger partial charge in [0.05, 0.1) is 6.10 Å². The van der Waals surface area contributed by atoms with Gasteiger partial charge < -0.3 is 10.1 Å². The van der Waals surface area contributed by atoms with Crippen molar-refractivity contribution in [2.75, 3.05) is 7.11 Å². The van der Waals surface area contributed by atoms with Crippen molar-refractivity contribution < 1.29 is 4.74 Å². The Bertz CT molecular complexity index is 115. The molecule has 1 N–H and O–H groups in total. The predicted octanol–water partition coefficient (Wildman–Crippen LogP) is 2.97. The van der Waals surface area contributed by atoms with Crippen molar-refractivity contribution in [2.45, 2.75) is 71.6 Å². The van der Waals surface area contributed by atoms with E-state index in [2.05, 4.69) is 5.32 Å². The van der Waals surface area contributed by atoms with Crippen LogP contribution in [0.15, 0.2) is 0 Å². The van der Waals surface area contributed by atoms with Gasteiger partial charge in [-0.25, -0.2) is 0 Å². The highest BCUT2D eigenvalue weighted by molar-refractivity contribution is 4.92. The zero-order chi connectivity index (χ0) is 11.0. The van der Waals surface area contributed by atoms with E-state index in [9.17, 15) is 0 Å². The molecule has 86 valence electrons. The smallest absolute Gasteiger partial charge is 0.0601 e. The summed E-state index contributed by atoms with van der Waals surface area (Å²) in [4.78, 5) is 0. The molecule has 0 aromatic rings. The lowest BCUT2D eigenvalue weighted by molar-refractivity contribution is 0.0601. The minimum absolute atomic E-state index is 0.541. The molecule has 0 aromatic heterocycles. The molecule has 2 bridgehead atoms. The Labute approximate surface area is 89.4 Å². The van der Waals surface area contributed by atoms with Crippen molar-refractivity contribution in [1.82, 2.24) is 5.32 Å². The molecule has 2 rings (SSSR count). The third-order valence-electron chi connectivity index (χ3n) is 2.76. The first-order valence-corrected chi connectivity index (χ1v) is 6.17. The zero-order valence-corrected chi connectivity index (χ0v) is 10.5. The van der Waals surface area contributed by atoms with E-state index in [0.29, 0.717) is 6.10 Å². The predicted molar refractivity (Wildman–Crippen MR) is 62.7 cm³/mol. The van der Waals surface area contributed by atoms with Gasteiger partial charge in [-0.15, -0.1) is 0 Å². The summed E-state index contributed by atoms with van der Waals surface area (Å²) in [5, 5.41) is 3.57. The number of fused-ring (bicyclic) bond motifs is 2. The Balaban J connectivity index is 0.000000379. The lowest BCUT2D eigenvalue weighted by Crippen LogP contribution is -2.40. The van der Waals surface area contributed by atoms with Crippen molar-refractivity contribution in [1.29, 1.82) is 0 Å². The van der Waals surface area contributed by atoms with Crippen LogP contribution in [0.1, 0.15) is 53.4 Å². The summed E-state index contributed by atoms with van der Waals surface area (Å²) in [7, 11) is 1.83. The highest BCUT2D eigenvalue weighted by Gasteiger charge is 2.33. The average molecular weight is 201 g/mol. The Hall–Kier alpha value is -0.0800. The summed E-state index contributed by atoms with van der Waals surface area (Å²) >= 11 is 0. The molecule has 0 saturated carbocycles. The summed E-state index contributed by atoms with van der Waals surface area (Å²) in [6.07, 6.45) is 5.73. The van der Waals surface area contributed by atoms with Crippen LogP contribution in [0.2, 0.25) is 0 Å². The average Bonchev–Trinajstić information content (AvgIpc) is 2.63. The Kier molecular flexibility index (Phi) is 8.20. The van der Waals surface area contributed by atoms with Crippen LogP contribution in [0.25, 0.3) is 0 Å². The van der Waals surface area contributed by atoms with Gasteiger partial charge in [0, 0.05) is 19.2 Å². The highest BCUT2D eigenvalue weighted by Crippen LogP contribution is 2.27. The summed E-state index contributed by atoms with van der Waals surface area (Å²) in [6, 6.07) is 1.53. The Morgan fingerprint density at radius 3 is 1.71 bits per heavy atom. The molecule has 2 unspecified atom stereocenters. The van der Waals surface area contributed by atoms with Gasteiger partial charge in [0.15, 0.2) is 0 Å². The van der Waals surface area contributed by atoms with Gasteiger partial charge >= 0.3 is 0 Å². The quantitative estimate of drug-likeness (QED) is 0.704. The van der Waals surface area contributed by atoms with Crippen LogP contribution in [-0.4, -0.2) is 25.3 Å². The SMILES string of the molecule is CC.CC.COC1CC2CC[C@@H](C1)N2. The molecule has 2 heterocycles. The number of methoxy groups -OCH3 is 1. The van der Waals surface area contributed by atoms with Crippen LogP contribution in [0, 0.1) is 0 Å². The third-order valence-corrected chi connectivity index (χ3v) is 2.76. The second-order valence-electron chi connectivity index (χ2n) is 3.47. The third kappa shape index (κ3) is 3.97. The summed E-state index contributed by atoms with van der Waals surface area (Å²) in [5.41, 5.74) is 0. The molecule has 2 aliphatic rings. The van der Waals surface area contributed by atoms with E-state index in [1.807, 2.05) is 34.8 Å². The van der Waals surface area contributed by atoms with Crippen LogP contribution < -0.4 is 5.32 Å². The van der Waals surface area contributed by atoms with Gasteiger partial charge in [0.25, 0.3) is 0 Å². The van der Waals surface area contributed by atoms with E-state index in [4.69, 9.17) is 4.74 Å². The van der Waals surface area contributed by atoms with E-state index >= 15 is 0 Å². The standard InChI is InChI=1S/C8H15NO.2C2H6/c1-10-8-4-6-2-3-7(5-8)9-6;2*1-2/h6-9H,2-5H2,1H3;2*1-2H3/t6-,7?,8?;;/m0../s1. The molecule has 2 nitrogen and oxygen atoms in total. The first-order valence-electron chi connectivity index (χ1n) is 6.17. The van der Waals surface area contributed by atoms with Gasteiger partial charge in [0.2, 0.25) is 0 Å². The highest BCUT2D eigenvalue weighted by atomic mass is 16.5. The Morgan fingerprint density at radius 1 is 0.929 bits per heavy atom. The number of hydrogen-bond acceptors (Lipinski definition) is 2. The summed E-state index contributed by atoms with van der Waals surface area (Å²) < 4.78 is 5.33. The molecule has 0 aliphatic carbocycles. The fourth-order valence-electron chi connectivity index (χ4n) is 2.20. The van der Waals surface area contributed by atoms with E-state index in [0.717, 1.165) is 12.1 Å².